The van der Waals surface area contributed by atoms with E-state index in [1.807, 2.05) is 0 Å². The summed E-state index contributed by atoms with van der Waals surface area (Å²) in [5, 5.41) is 6.70. The Morgan fingerprint density at radius 3 is 2.57 bits per heavy atom. The molecule has 4 nitrogen and oxygen atoms in total. The van der Waals surface area contributed by atoms with Crippen molar-refractivity contribution in [1.82, 2.24) is 10.6 Å². The predicted octanol–water partition coefficient (Wildman–Crippen LogP) is 3.38. The second-order valence-electron chi connectivity index (χ2n) is 5.80. The van der Waals surface area contributed by atoms with Gasteiger partial charge in [0.15, 0.2) is 0 Å². The SMILES string of the molecule is Cl.O=C(NC1CC2CCC(C1)N2)c1cc(Cl)ccc1OC(F)F. The average Bonchev–Trinajstić information content (AvgIpc) is 2.79. The number of carbonyl (C=O) groups excluding carboxylic acids is 1. The Labute approximate surface area is 144 Å². The number of amides is 1. The summed E-state index contributed by atoms with van der Waals surface area (Å²) < 4.78 is 29.3. The van der Waals surface area contributed by atoms with Crippen molar-refractivity contribution < 1.29 is 18.3 Å². The maximum Gasteiger partial charge on any atom is 0.387 e. The molecule has 0 aromatic heterocycles. The molecule has 0 saturated carbocycles. The predicted molar refractivity (Wildman–Crippen MR) is 85.8 cm³/mol. The van der Waals surface area contributed by atoms with Crippen LogP contribution >= 0.6 is 24.0 Å². The Bertz CT molecular complexity index is 562. The number of benzene rings is 1. The van der Waals surface area contributed by atoms with Crippen molar-refractivity contribution in [2.24, 2.45) is 0 Å². The van der Waals surface area contributed by atoms with Crippen LogP contribution in [0.15, 0.2) is 18.2 Å². The Morgan fingerprint density at radius 1 is 1.30 bits per heavy atom. The number of hydrogen-bond acceptors (Lipinski definition) is 3. The van der Waals surface area contributed by atoms with Gasteiger partial charge in [0.25, 0.3) is 5.91 Å². The Morgan fingerprint density at radius 2 is 1.96 bits per heavy atom. The van der Waals surface area contributed by atoms with Gasteiger partial charge in [-0.2, -0.15) is 8.78 Å². The number of alkyl halides is 2. The third kappa shape index (κ3) is 4.46. The molecule has 2 bridgehead atoms. The highest BCUT2D eigenvalue weighted by Crippen LogP contribution is 2.28. The van der Waals surface area contributed by atoms with Crippen molar-refractivity contribution in [2.75, 3.05) is 0 Å². The third-order valence-corrected chi connectivity index (χ3v) is 4.45. The van der Waals surface area contributed by atoms with E-state index in [1.165, 1.54) is 18.2 Å². The topological polar surface area (TPSA) is 50.4 Å². The van der Waals surface area contributed by atoms with E-state index >= 15 is 0 Å². The van der Waals surface area contributed by atoms with E-state index in [1.54, 1.807) is 0 Å². The summed E-state index contributed by atoms with van der Waals surface area (Å²) >= 11 is 5.86. The number of hydrogen-bond donors (Lipinski definition) is 2. The minimum atomic E-state index is -2.98. The van der Waals surface area contributed by atoms with Gasteiger partial charge in [-0.25, -0.2) is 0 Å². The molecule has 1 amide bonds. The van der Waals surface area contributed by atoms with Crippen LogP contribution in [0.5, 0.6) is 5.75 Å². The molecule has 2 aliphatic heterocycles. The summed E-state index contributed by atoms with van der Waals surface area (Å²) in [5.74, 6) is -0.585. The van der Waals surface area contributed by atoms with Crippen molar-refractivity contribution in [3.8, 4) is 5.75 Å². The van der Waals surface area contributed by atoms with Gasteiger partial charge in [0.2, 0.25) is 0 Å². The van der Waals surface area contributed by atoms with Crippen molar-refractivity contribution in [1.29, 1.82) is 0 Å². The Balaban J connectivity index is 0.00000192. The van der Waals surface area contributed by atoms with Crippen molar-refractivity contribution in [3.63, 3.8) is 0 Å². The Kier molecular flexibility index (Phi) is 6.06. The zero-order chi connectivity index (χ0) is 15.7. The molecule has 2 saturated heterocycles. The van der Waals surface area contributed by atoms with E-state index in [2.05, 4.69) is 15.4 Å². The molecule has 2 N–H and O–H groups in total. The normalized spacial score (nSPS) is 25.8. The fourth-order valence-electron chi connectivity index (χ4n) is 3.32. The molecule has 0 radical (unpaired) electrons. The fraction of sp³-hybridized carbons (Fsp3) is 0.533. The molecule has 1 aromatic carbocycles. The smallest absolute Gasteiger partial charge is 0.387 e. The summed E-state index contributed by atoms with van der Waals surface area (Å²) in [6, 6.07) is 4.96. The van der Waals surface area contributed by atoms with Gasteiger partial charge in [0.05, 0.1) is 5.56 Å². The van der Waals surface area contributed by atoms with Crippen molar-refractivity contribution in [2.45, 2.75) is 50.4 Å². The van der Waals surface area contributed by atoms with Gasteiger partial charge in [0, 0.05) is 23.1 Å². The molecule has 23 heavy (non-hydrogen) atoms. The van der Waals surface area contributed by atoms with Gasteiger partial charge >= 0.3 is 6.61 Å². The third-order valence-electron chi connectivity index (χ3n) is 4.21. The zero-order valence-electron chi connectivity index (χ0n) is 12.2. The first-order valence-electron chi connectivity index (χ1n) is 7.32. The standard InChI is InChI=1S/C15H17ClF2N2O2.ClH/c16-8-1-4-13(22-15(17)18)12(5-8)14(21)20-11-6-9-2-3-10(7-11)19-9;/h1,4-5,9-11,15,19H,2-3,6-7H2,(H,20,21);1H. The molecule has 2 fully saturated rings. The van der Waals surface area contributed by atoms with Crippen LogP contribution < -0.4 is 15.4 Å². The molecular weight excluding hydrogens is 349 g/mol. The Hall–Kier alpha value is -1.11. The molecule has 2 heterocycles. The van der Waals surface area contributed by atoms with Gasteiger partial charge in [0.1, 0.15) is 5.75 Å². The molecule has 0 aliphatic carbocycles. The molecule has 0 spiro atoms. The van der Waals surface area contributed by atoms with Crippen LogP contribution in [0.25, 0.3) is 0 Å². The number of piperidine rings is 1. The maximum absolute atomic E-state index is 12.4. The largest absolute Gasteiger partial charge is 0.434 e. The van der Waals surface area contributed by atoms with Crippen LogP contribution in [-0.2, 0) is 0 Å². The summed E-state index contributed by atoms with van der Waals surface area (Å²) in [6.07, 6.45) is 3.95. The highest BCUT2D eigenvalue weighted by atomic mass is 35.5. The first kappa shape index (κ1) is 18.2. The van der Waals surface area contributed by atoms with Gasteiger partial charge in [-0.3, -0.25) is 4.79 Å². The first-order valence-corrected chi connectivity index (χ1v) is 7.70. The highest BCUT2D eigenvalue weighted by molar-refractivity contribution is 6.31. The van der Waals surface area contributed by atoms with E-state index in [0.29, 0.717) is 17.1 Å². The van der Waals surface area contributed by atoms with Crippen molar-refractivity contribution >= 4 is 29.9 Å². The van der Waals surface area contributed by atoms with Gasteiger partial charge in [-0.15, -0.1) is 12.4 Å². The van der Waals surface area contributed by atoms with E-state index in [-0.39, 0.29) is 29.8 Å². The molecule has 8 heteroatoms. The van der Waals surface area contributed by atoms with E-state index in [0.717, 1.165) is 25.7 Å². The van der Waals surface area contributed by atoms with Crippen LogP contribution in [0, 0.1) is 0 Å². The molecule has 1 aromatic rings. The summed E-state index contributed by atoms with van der Waals surface area (Å²) in [5.41, 5.74) is 0.0404. The van der Waals surface area contributed by atoms with Gasteiger partial charge in [-0.05, 0) is 43.9 Å². The first-order chi connectivity index (χ1) is 10.5. The minimum absolute atomic E-state index is 0. The van der Waals surface area contributed by atoms with E-state index in [4.69, 9.17) is 11.6 Å². The van der Waals surface area contributed by atoms with Crippen molar-refractivity contribution in [3.05, 3.63) is 28.8 Å². The lowest BCUT2D eigenvalue weighted by Crippen LogP contribution is -2.48. The van der Waals surface area contributed by atoms with Crippen LogP contribution in [0.4, 0.5) is 8.78 Å². The molecule has 2 aliphatic rings. The number of rotatable bonds is 4. The summed E-state index contributed by atoms with van der Waals surface area (Å²) in [7, 11) is 0. The highest BCUT2D eigenvalue weighted by Gasteiger charge is 2.34. The molecule has 2 unspecified atom stereocenters. The average molecular weight is 367 g/mol. The lowest BCUT2D eigenvalue weighted by atomic mass is 9.99. The molecule has 3 rings (SSSR count). The van der Waals surface area contributed by atoms with Crippen LogP contribution in [0.3, 0.4) is 0 Å². The number of ether oxygens (including phenoxy) is 1. The van der Waals surface area contributed by atoms with E-state index < -0.39 is 12.5 Å². The quantitative estimate of drug-likeness (QED) is 0.858. The lowest BCUT2D eigenvalue weighted by molar-refractivity contribution is -0.0501. The molecular formula is C15H18Cl2F2N2O2. The zero-order valence-corrected chi connectivity index (χ0v) is 13.8. The molecule has 128 valence electrons. The van der Waals surface area contributed by atoms with E-state index in [9.17, 15) is 13.6 Å². The monoisotopic (exact) mass is 366 g/mol. The second-order valence-corrected chi connectivity index (χ2v) is 6.24. The fourth-order valence-corrected chi connectivity index (χ4v) is 3.49. The number of fused-ring (bicyclic) bond motifs is 2. The second kappa shape index (κ2) is 7.64. The van der Waals surface area contributed by atoms with Gasteiger partial charge in [-0.1, -0.05) is 11.6 Å². The van der Waals surface area contributed by atoms with Gasteiger partial charge < -0.3 is 15.4 Å². The van der Waals surface area contributed by atoms with Crippen LogP contribution in [0.1, 0.15) is 36.0 Å². The molecule has 2 atom stereocenters. The number of carbonyl (C=O) groups is 1. The number of nitrogens with one attached hydrogen (secondary N) is 2. The number of halogens is 4. The summed E-state index contributed by atoms with van der Waals surface area (Å²) in [4.78, 5) is 12.4. The summed E-state index contributed by atoms with van der Waals surface area (Å²) in [6.45, 7) is -2.98. The minimum Gasteiger partial charge on any atom is -0.434 e. The van der Waals surface area contributed by atoms with Crippen LogP contribution in [-0.4, -0.2) is 30.6 Å². The van der Waals surface area contributed by atoms with Crippen LogP contribution in [0.2, 0.25) is 5.02 Å². The lowest BCUT2D eigenvalue weighted by Gasteiger charge is -2.29. The maximum atomic E-state index is 12.4.